The average molecular weight is 371 g/mol. The van der Waals surface area contributed by atoms with E-state index in [4.69, 9.17) is 29.0 Å². The Morgan fingerprint density at radius 2 is 1.79 bits per heavy atom. The van der Waals surface area contributed by atoms with Crippen LogP contribution >= 0.6 is 0 Å². The molecule has 1 aromatic carbocycles. The van der Waals surface area contributed by atoms with Crippen LogP contribution in [0.3, 0.4) is 0 Å². The van der Waals surface area contributed by atoms with Crippen LogP contribution in [-0.4, -0.2) is 35.6 Å². The van der Waals surface area contributed by atoms with E-state index in [2.05, 4.69) is 15.5 Å². The molecule has 0 aliphatic rings. The number of anilines is 1. The third-order valence-corrected chi connectivity index (χ3v) is 1.81. The molecule has 0 unspecified atom stereocenters. The molecule has 0 bridgehead atoms. The molecule has 14 heteroatoms. The molecule has 0 aliphatic carbocycles. The van der Waals surface area contributed by atoms with Crippen molar-refractivity contribution in [3.63, 3.8) is 0 Å². The zero-order valence-electron chi connectivity index (χ0n) is 11.6. The molecule has 24 heavy (non-hydrogen) atoms. The minimum Gasteiger partial charge on any atom is -0.369 e. The monoisotopic (exact) mass is 371 g/mol. The first kappa shape index (κ1) is 21.3. The molecule has 0 radical (unpaired) electrons. The summed E-state index contributed by atoms with van der Waals surface area (Å²) in [5.74, 6) is -1.10. The molecule has 7 N–H and O–H groups in total. The van der Waals surface area contributed by atoms with Crippen LogP contribution in [0, 0.1) is 0 Å². The first-order valence-corrected chi connectivity index (χ1v) is 6.99. The third-order valence-electron chi connectivity index (χ3n) is 1.81. The molecule has 0 heterocycles. The number of halogens is 3. The van der Waals surface area contributed by atoms with Crippen LogP contribution in [-0.2, 0) is 21.4 Å². The van der Waals surface area contributed by atoms with Crippen LogP contribution in [0.15, 0.2) is 34.5 Å². The molecule has 1 amide bonds. The van der Waals surface area contributed by atoms with E-state index in [0.29, 0.717) is 0 Å². The van der Waals surface area contributed by atoms with Gasteiger partial charge in [0.1, 0.15) is 6.21 Å². The largest absolute Gasteiger partial charge is 0.416 e. The first-order chi connectivity index (χ1) is 10.8. The van der Waals surface area contributed by atoms with E-state index >= 15 is 0 Å². The molecule has 0 saturated heterocycles. The lowest BCUT2D eigenvalue weighted by Crippen LogP contribution is -2.22. The van der Waals surface area contributed by atoms with Gasteiger partial charge in [0, 0.05) is 5.69 Å². The van der Waals surface area contributed by atoms with Gasteiger partial charge in [-0.15, -0.1) is 10.2 Å². The summed E-state index contributed by atoms with van der Waals surface area (Å²) in [6, 6.07) is 4.17. The van der Waals surface area contributed by atoms with Crippen molar-refractivity contribution in [2.45, 2.75) is 6.18 Å². The van der Waals surface area contributed by atoms with E-state index in [9.17, 15) is 18.0 Å². The van der Waals surface area contributed by atoms with Gasteiger partial charge in [0.15, 0.2) is 0 Å². The van der Waals surface area contributed by atoms with E-state index in [1.54, 1.807) is 0 Å². The van der Waals surface area contributed by atoms with Crippen molar-refractivity contribution >= 4 is 34.2 Å². The molecule has 0 aliphatic heterocycles. The minimum atomic E-state index is -4.67. The SMILES string of the molecule is NC(N)=NN=CC(=O)Nc1cccc(C(F)(F)F)c1.O=S(=O)(O)O. The molecule has 0 atom stereocenters. The topological polar surface area (TPSA) is 180 Å². The summed E-state index contributed by atoms with van der Waals surface area (Å²) in [5, 5.41) is 8.57. The normalized spacial score (nSPS) is 11.4. The summed E-state index contributed by atoms with van der Waals surface area (Å²) >= 11 is 0. The summed E-state index contributed by atoms with van der Waals surface area (Å²) in [7, 11) is -4.67. The second kappa shape index (κ2) is 8.80. The maximum absolute atomic E-state index is 12.4. The van der Waals surface area contributed by atoms with Crippen molar-refractivity contribution in [3.05, 3.63) is 29.8 Å². The van der Waals surface area contributed by atoms with Crippen molar-refractivity contribution < 1.29 is 35.5 Å². The van der Waals surface area contributed by atoms with Crippen LogP contribution in [0.25, 0.3) is 0 Å². The number of carbonyl (C=O) groups excluding carboxylic acids is 1. The molecule has 0 spiro atoms. The van der Waals surface area contributed by atoms with Crippen LogP contribution in [0.1, 0.15) is 5.56 Å². The Morgan fingerprint density at radius 1 is 1.25 bits per heavy atom. The highest BCUT2D eigenvalue weighted by molar-refractivity contribution is 7.79. The first-order valence-electron chi connectivity index (χ1n) is 5.59. The van der Waals surface area contributed by atoms with Gasteiger partial charge in [0.05, 0.1) is 5.56 Å². The zero-order chi connectivity index (χ0) is 19.0. The molecule has 1 aromatic rings. The number of rotatable bonds is 3. The Morgan fingerprint density at radius 3 is 2.25 bits per heavy atom. The number of hydrogen-bond donors (Lipinski definition) is 5. The molecule has 0 saturated carbocycles. The summed E-state index contributed by atoms with van der Waals surface area (Å²) in [4.78, 5) is 11.3. The summed E-state index contributed by atoms with van der Waals surface area (Å²) in [6.45, 7) is 0. The van der Waals surface area contributed by atoms with Crippen molar-refractivity contribution in [1.29, 1.82) is 0 Å². The number of hydrogen-bond acceptors (Lipinski definition) is 5. The smallest absolute Gasteiger partial charge is 0.369 e. The van der Waals surface area contributed by atoms with Crippen molar-refractivity contribution in [1.82, 2.24) is 0 Å². The van der Waals surface area contributed by atoms with Gasteiger partial charge in [-0.25, -0.2) is 0 Å². The minimum absolute atomic E-state index is 0.0176. The second-order valence-electron chi connectivity index (χ2n) is 3.79. The molecular weight excluding hydrogens is 359 g/mol. The fourth-order valence-corrected chi connectivity index (χ4v) is 1.10. The summed E-state index contributed by atoms with van der Waals surface area (Å²) in [5.41, 5.74) is 9.03. The lowest BCUT2D eigenvalue weighted by Gasteiger charge is -2.08. The summed E-state index contributed by atoms with van der Waals surface area (Å²) in [6.07, 6.45) is -3.74. The van der Waals surface area contributed by atoms with Gasteiger partial charge < -0.3 is 16.8 Å². The number of nitrogens with two attached hydrogens (primary N) is 2. The van der Waals surface area contributed by atoms with Crippen LogP contribution in [0.2, 0.25) is 0 Å². The molecule has 0 aromatic heterocycles. The third kappa shape index (κ3) is 11.9. The number of nitrogens with zero attached hydrogens (tertiary/aromatic N) is 2. The van der Waals surface area contributed by atoms with Gasteiger partial charge in [0.25, 0.3) is 5.91 Å². The highest BCUT2D eigenvalue weighted by Gasteiger charge is 2.30. The van der Waals surface area contributed by atoms with E-state index in [1.165, 1.54) is 12.1 Å². The van der Waals surface area contributed by atoms with Gasteiger partial charge in [0.2, 0.25) is 5.96 Å². The number of guanidine groups is 1. The quantitative estimate of drug-likeness (QED) is 0.218. The van der Waals surface area contributed by atoms with E-state index < -0.39 is 28.0 Å². The Bertz CT molecular complexity index is 721. The van der Waals surface area contributed by atoms with Crippen molar-refractivity contribution in [2.75, 3.05) is 5.32 Å². The van der Waals surface area contributed by atoms with Gasteiger partial charge >= 0.3 is 16.6 Å². The Balaban J connectivity index is 0.000000922. The maximum Gasteiger partial charge on any atom is 0.416 e. The van der Waals surface area contributed by atoms with Crippen molar-refractivity contribution in [3.8, 4) is 0 Å². The standard InChI is InChI=1S/C10H10F3N5O.H2O4S/c11-10(12,13)6-2-1-3-7(4-6)17-8(19)5-16-18-9(14)15;1-5(2,3)4/h1-5H,(H,17,19)(H4,14,15,18);(H2,1,2,3,4). The average Bonchev–Trinajstić information content (AvgIpc) is 2.35. The zero-order valence-corrected chi connectivity index (χ0v) is 12.4. The molecule has 10 nitrogen and oxygen atoms in total. The Hall–Kier alpha value is -2.71. The molecule has 1 rings (SSSR count). The van der Waals surface area contributed by atoms with E-state index in [0.717, 1.165) is 18.3 Å². The molecule has 0 fully saturated rings. The lowest BCUT2D eigenvalue weighted by molar-refractivity contribution is -0.137. The number of carbonyl (C=O) groups is 1. The highest BCUT2D eigenvalue weighted by atomic mass is 32.3. The number of amides is 1. The Labute approximate surface area is 133 Å². The van der Waals surface area contributed by atoms with Crippen LogP contribution in [0.5, 0.6) is 0 Å². The fourth-order valence-electron chi connectivity index (χ4n) is 1.10. The Kier molecular flexibility index (Phi) is 7.81. The predicted molar refractivity (Wildman–Crippen MR) is 78.6 cm³/mol. The van der Waals surface area contributed by atoms with Gasteiger partial charge in [-0.1, -0.05) is 6.07 Å². The molecule has 134 valence electrons. The van der Waals surface area contributed by atoms with Crippen LogP contribution < -0.4 is 16.8 Å². The van der Waals surface area contributed by atoms with Crippen molar-refractivity contribution in [2.24, 2.45) is 21.7 Å². The van der Waals surface area contributed by atoms with Gasteiger partial charge in [-0.3, -0.25) is 13.9 Å². The maximum atomic E-state index is 12.4. The summed E-state index contributed by atoms with van der Waals surface area (Å²) < 4.78 is 68.8. The lowest BCUT2D eigenvalue weighted by atomic mass is 10.2. The molecular formula is C10H12F3N5O5S. The van der Waals surface area contributed by atoms with Gasteiger partial charge in [-0.2, -0.15) is 21.6 Å². The fraction of sp³-hybridized carbons (Fsp3) is 0.100. The van der Waals surface area contributed by atoms with E-state index in [-0.39, 0.29) is 11.6 Å². The predicted octanol–water partition coefficient (Wildman–Crippen LogP) is 0.250. The highest BCUT2D eigenvalue weighted by Crippen LogP contribution is 2.30. The van der Waals surface area contributed by atoms with E-state index in [1.807, 2.05) is 0 Å². The van der Waals surface area contributed by atoms with Crippen LogP contribution in [0.4, 0.5) is 18.9 Å². The number of benzene rings is 1. The van der Waals surface area contributed by atoms with Gasteiger partial charge in [-0.05, 0) is 18.2 Å². The second-order valence-corrected chi connectivity index (χ2v) is 4.68. The number of nitrogens with one attached hydrogen (secondary N) is 1. The number of alkyl halides is 3.